The van der Waals surface area contributed by atoms with Crippen LogP contribution in [0.25, 0.3) is 0 Å². The molecule has 166 valence electrons. The van der Waals surface area contributed by atoms with Crippen LogP contribution in [-0.2, 0) is 17.9 Å². The zero-order valence-corrected chi connectivity index (χ0v) is 19.0. The Balaban J connectivity index is 1.62. The fraction of sp³-hybridized carbons (Fsp3) is 0.143. The van der Waals surface area contributed by atoms with Gasteiger partial charge in [0.25, 0.3) is 5.91 Å². The van der Waals surface area contributed by atoms with Gasteiger partial charge >= 0.3 is 0 Å². The van der Waals surface area contributed by atoms with Gasteiger partial charge in [-0.3, -0.25) is 9.59 Å². The Morgan fingerprint density at radius 1 is 1.16 bits per heavy atom. The Morgan fingerprint density at radius 3 is 2.56 bits per heavy atom. The summed E-state index contributed by atoms with van der Waals surface area (Å²) in [5.41, 5.74) is 0.423. The number of hydrogen-bond acceptors (Lipinski definition) is 5. The number of anilines is 1. The van der Waals surface area contributed by atoms with Crippen LogP contribution in [0.15, 0.2) is 60.3 Å². The first-order chi connectivity index (χ1) is 15.4. The lowest BCUT2D eigenvalue weighted by molar-refractivity contribution is -0.113. The number of carbonyl (C=O) groups is 2. The highest BCUT2D eigenvalue weighted by Gasteiger charge is 2.16. The molecule has 11 heteroatoms. The molecule has 0 saturated heterocycles. The summed E-state index contributed by atoms with van der Waals surface area (Å²) in [6.07, 6.45) is 1.64. The van der Waals surface area contributed by atoms with Crippen molar-refractivity contribution in [2.45, 2.75) is 18.2 Å². The van der Waals surface area contributed by atoms with Crippen molar-refractivity contribution in [3.8, 4) is 0 Å². The van der Waals surface area contributed by atoms with Crippen molar-refractivity contribution >= 4 is 52.5 Å². The van der Waals surface area contributed by atoms with Crippen LogP contribution in [0, 0.1) is 5.82 Å². The van der Waals surface area contributed by atoms with Crippen molar-refractivity contribution < 1.29 is 14.0 Å². The number of carbonyl (C=O) groups excluding carboxylic acids is 2. The maximum atomic E-state index is 13.8. The van der Waals surface area contributed by atoms with Crippen molar-refractivity contribution in [2.75, 3.05) is 11.1 Å². The van der Waals surface area contributed by atoms with Crippen LogP contribution in [0.3, 0.4) is 0 Å². The van der Waals surface area contributed by atoms with E-state index in [1.165, 1.54) is 30.0 Å². The minimum Gasteiger partial charge on any atom is -0.345 e. The van der Waals surface area contributed by atoms with Crippen LogP contribution in [0.5, 0.6) is 0 Å². The smallest absolute Gasteiger partial charge is 0.254 e. The zero-order valence-electron chi connectivity index (χ0n) is 16.6. The highest BCUT2D eigenvalue weighted by atomic mass is 35.5. The lowest BCUT2D eigenvalue weighted by atomic mass is 10.2. The second-order valence-corrected chi connectivity index (χ2v) is 8.27. The molecule has 0 bridgehead atoms. The van der Waals surface area contributed by atoms with E-state index in [0.717, 1.165) is 0 Å². The van der Waals surface area contributed by atoms with Crippen LogP contribution in [0.4, 0.5) is 10.1 Å². The molecule has 0 unspecified atom stereocenters. The fourth-order valence-corrected chi connectivity index (χ4v) is 4.01. The molecule has 0 atom stereocenters. The highest BCUT2D eigenvalue weighted by Crippen LogP contribution is 2.23. The topological polar surface area (TPSA) is 88.9 Å². The molecule has 1 heterocycles. The highest BCUT2D eigenvalue weighted by molar-refractivity contribution is 7.99. The second-order valence-electron chi connectivity index (χ2n) is 6.46. The van der Waals surface area contributed by atoms with E-state index in [-0.39, 0.29) is 23.8 Å². The molecule has 0 aliphatic carbocycles. The molecule has 0 radical (unpaired) electrons. The number of halogens is 3. The molecule has 1 aromatic heterocycles. The Bertz CT molecular complexity index is 1130. The Labute approximate surface area is 198 Å². The Morgan fingerprint density at radius 2 is 1.88 bits per heavy atom. The molecule has 2 amide bonds. The number of nitrogens with zero attached hydrogens (tertiary/aromatic N) is 3. The minimum atomic E-state index is -0.610. The van der Waals surface area contributed by atoms with Gasteiger partial charge in [0.1, 0.15) is 5.82 Å². The summed E-state index contributed by atoms with van der Waals surface area (Å²) in [6.45, 7) is 4.11. The monoisotopic (exact) mass is 493 g/mol. The maximum absolute atomic E-state index is 13.8. The van der Waals surface area contributed by atoms with E-state index in [1.54, 1.807) is 34.9 Å². The van der Waals surface area contributed by atoms with Gasteiger partial charge in [0.15, 0.2) is 11.0 Å². The van der Waals surface area contributed by atoms with Gasteiger partial charge in [0.05, 0.1) is 17.9 Å². The van der Waals surface area contributed by atoms with E-state index >= 15 is 0 Å². The predicted octanol–water partition coefficient (Wildman–Crippen LogP) is 4.57. The Kier molecular flexibility index (Phi) is 8.26. The number of thioether (sulfide) groups is 1. The summed E-state index contributed by atoms with van der Waals surface area (Å²) in [6, 6.07) is 10.4. The average Bonchev–Trinajstić information content (AvgIpc) is 3.12. The van der Waals surface area contributed by atoms with Crippen molar-refractivity contribution in [1.29, 1.82) is 0 Å². The van der Waals surface area contributed by atoms with E-state index in [1.807, 2.05) is 0 Å². The van der Waals surface area contributed by atoms with Gasteiger partial charge in [0, 0.05) is 22.3 Å². The summed E-state index contributed by atoms with van der Waals surface area (Å²) in [7, 11) is 0. The van der Waals surface area contributed by atoms with Gasteiger partial charge in [-0.2, -0.15) is 0 Å². The molecule has 0 spiro atoms. The van der Waals surface area contributed by atoms with Crippen molar-refractivity contribution in [1.82, 2.24) is 20.1 Å². The van der Waals surface area contributed by atoms with Gasteiger partial charge in [0.2, 0.25) is 5.91 Å². The molecule has 0 aliphatic heterocycles. The molecule has 3 aromatic rings. The minimum absolute atomic E-state index is 0.0295. The third kappa shape index (κ3) is 6.32. The Hall–Kier alpha value is -2.88. The lowest BCUT2D eigenvalue weighted by Crippen LogP contribution is -2.25. The number of allylic oxidation sites excluding steroid dienone is 1. The number of nitrogens with one attached hydrogen (secondary N) is 2. The van der Waals surface area contributed by atoms with E-state index < -0.39 is 11.7 Å². The van der Waals surface area contributed by atoms with Crippen LogP contribution in [0.1, 0.15) is 16.2 Å². The number of rotatable bonds is 9. The van der Waals surface area contributed by atoms with Crippen LogP contribution in [-0.4, -0.2) is 32.3 Å². The largest absolute Gasteiger partial charge is 0.345 e. The summed E-state index contributed by atoms with van der Waals surface area (Å²) in [5.74, 6) is -0.957. The van der Waals surface area contributed by atoms with Gasteiger partial charge < -0.3 is 15.2 Å². The van der Waals surface area contributed by atoms with E-state index in [9.17, 15) is 14.0 Å². The van der Waals surface area contributed by atoms with Crippen molar-refractivity contribution in [2.24, 2.45) is 0 Å². The van der Waals surface area contributed by atoms with Crippen LogP contribution in [0.2, 0.25) is 10.0 Å². The third-order valence-electron chi connectivity index (χ3n) is 4.11. The average molecular weight is 494 g/mol. The first-order valence-corrected chi connectivity index (χ1v) is 11.1. The predicted molar refractivity (Wildman–Crippen MR) is 124 cm³/mol. The molecule has 0 fully saturated rings. The molecule has 7 nitrogen and oxygen atoms in total. The van der Waals surface area contributed by atoms with Gasteiger partial charge in [-0.25, -0.2) is 4.39 Å². The third-order valence-corrected chi connectivity index (χ3v) is 5.51. The number of benzene rings is 2. The molecular weight excluding hydrogens is 476 g/mol. The number of amides is 2. The quantitative estimate of drug-likeness (QED) is 0.336. The first-order valence-electron chi connectivity index (χ1n) is 9.32. The van der Waals surface area contributed by atoms with Gasteiger partial charge in [-0.1, -0.05) is 53.2 Å². The number of aromatic nitrogens is 3. The summed E-state index contributed by atoms with van der Waals surface area (Å²) in [4.78, 5) is 24.5. The standard InChI is InChI=1S/C21H18Cl2FN5O2S/c1-2-7-29-18(11-25-20(31)16-5-3-4-6-17(16)24)27-28-21(29)32-12-19(30)26-15-9-13(22)8-14(23)10-15/h2-6,8-10H,1,7,11-12H2,(H,25,31)(H,26,30). The first kappa shape index (κ1) is 23.8. The molecule has 3 rings (SSSR count). The molecule has 2 aromatic carbocycles. The van der Waals surface area contributed by atoms with E-state index in [4.69, 9.17) is 23.2 Å². The molecule has 0 saturated carbocycles. The molecule has 0 aliphatic rings. The fourth-order valence-electron chi connectivity index (χ4n) is 2.72. The van der Waals surface area contributed by atoms with E-state index in [0.29, 0.717) is 33.3 Å². The summed E-state index contributed by atoms with van der Waals surface area (Å²) < 4.78 is 15.5. The van der Waals surface area contributed by atoms with Crippen molar-refractivity contribution in [3.63, 3.8) is 0 Å². The molecule has 32 heavy (non-hydrogen) atoms. The van der Waals surface area contributed by atoms with Crippen LogP contribution >= 0.6 is 35.0 Å². The summed E-state index contributed by atoms with van der Waals surface area (Å²) in [5, 5.41) is 14.8. The maximum Gasteiger partial charge on any atom is 0.254 e. The molecule has 2 N–H and O–H groups in total. The van der Waals surface area contributed by atoms with Gasteiger partial charge in [-0.05, 0) is 30.3 Å². The van der Waals surface area contributed by atoms with Gasteiger partial charge in [-0.15, -0.1) is 16.8 Å². The van der Waals surface area contributed by atoms with Crippen molar-refractivity contribution in [3.05, 3.63) is 82.4 Å². The molecular formula is C21H18Cl2FN5O2S. The number of hydrogen-bond donors (Lipinski definition) is 2. The second kappa shape index (κ2) is 11.1. The normalized spacial score (nSPS) is 10.6. The van der Waals surface area contributed by atoms with E-state index in [2.05, 4.69) is 27.4 Å². The van der Waals surface area contributed by atoms with Crippen LogP contribution < -0.4 is 10.6 Å². The SMILES string of the molecule is C=CCn1c(CNC(=O)c2ccccc2F)nnc1SCC(=O)Nc1cc(Cl)cc(Cl)c1. The zero-order chi connectivity index (χ0) is 23.1. The summed E-state index contributed by atoms with van der Waals surface area (Å²) >= 11 is 13.1. The lowest BCUT2D eigenvalue weighted by Gasteiger charge is -2.09.